The number of aliphatic carboxylic acids is 1. The van der Waals surface area contributed by atoms with Crippen LogP contribution in [0.4, 0.5) is 0 Å². The summed E-state index contributed by atoms with van der Waals surface area (Å²) in [4.78, 5) is 22.8. The van der Waals surface area contributed by atoms with Gasteiger partial charge in [-0.1, -0.05) is 54.5 Å². The van der Waals surface area contributed by atoms with E-state index in [1.54, 1.807) is 31.2 Å². The van der Waals surface area contributed by atoms with Crippen LogP contribution >= 0.6 is 0 Å². The molecule has 31 heavy (non-hydrogen) atoms. The fraction of sp³-hybridized carbons (Fsp3) is 0.333. The highest BCUT2D eigenvalue weighted by Crippen LogP contribution is 2.31. The standard InChI is InChI=1S/C24H27NO6/c1-3-17(2)25-15-19(26)16-30-21-12-8-7-11-20(21)22(31-24(29)23(27)28)14-13-18-9-5-4-6-10-18/h1,4-12,17,19,22,25-26H,13-16H2,2H3,(H,27,28). The number of carbonyl (C=O) groups excluding carboxylic acids is 1. The number of aliphatic hydroxyl groups excluding tert-OH is 1. The van der Waals surface area contributed by atoms with Crippen LogP contribution < -0.4 is 10.1 Å². The summed E-state index contributed by atoms with van der Waals surface area (Å²) in [6, 6.07) is 16.3. The minimum Gasteiger partial charge on any atom is -0.490 e. The summed E-state index contributed by atoms with van der Waals surface area (Å²) in [6.07, 6.45) is 4.61. The lowest BCUT2D eigenvalue weighted by molar-refractivity contribution is -0.168. The smallest absolute Gasteiger partial charge is 0.417 e. The number of carboxylic acids is 1. The first-order valence-electron chi connectivity index (χ1n) is 9.97. The molecule has 3 N–H and O–H groups in total. The number of benzene rings is 2. The van der Waals surface area contributed by atoms with E-state index in [9.17, 15) is 14.7 Å². The third-order valence-electron chi connectivity index (χ3n) is 4.57. The zero-order chi connectivity index (χ0) is 22.6. The Kier molecular flexibility index (Phi) is 9.56. The predicted molar refractivity (Wildman–Crippen MR) is 115 cm³/mol. The molecule has 0 radical (unpaired) electrons. The highest BCUT2D eigenvalue weighted by atomic mass is 16.6. The topological polar surface area (TPSA) is 105 Å². The first-order valence-corrected chi connectivity index (χ1v) is 9.97. The lowest BCUT2D eigenvalue weighted by Crippen LogP contribution is -2.36. The molecule has 0 fully saturated rings. The maximum atomic E-state index is 11.8. The van der Waals surface area contributed by atoms with Gasteiger partial charge in [-0.3, -0.25) is 0 Å². The summed E-state index contributed by atoms with van der Waals surface area (Å²) in [7, 11) is 0. The zero-order valence-corrected chi connectivity index (χ0v) is 17.4. The van der Waals surface area contributed by atoms with Crippen molar-refractivity contribution in [1.82, 2.24) is 5.32 Å². The van der Waals surface area contributed by atoms with Crippen molar-refractivity contribution in [2.24, 2.45) is 0 Å². The molecule has 2 aromatic rings. The summed E-state index contributed by atoms with van der Waals surface area (Å²) in [5.41, 5.74) is 1.56. The van der Waals surface area contributed by atoms with Gasteiger partial charge in [0.2, 0.25) is 0 Å². The van der Waals surface area contributed by atoms with E-state index < -0.39 is 24.1 Å². The number of rotatable bonds is 11. The van der Waals surface area contributed by atoms with E-state index in [2.05, 4.69) is 11.2 Å². The second-order valence-electron chi connectivity index (χ2n) is 7.02. The van der Waals surface area contributed by atoms with E-state index in [0.717, 1.165) is 5.56 Å². The van der Waals surface area contributed by atoms with Gasteiger partial charge < -0.3 is 25.0 Å². The monoisotopic (exact) mass is 425 g/mol. The molecule has 164 valence electrons. The van der Waals surface area contributed by atoms with Gasteiger partial charge in [0.25, 0.3) is 0 Å². The fourth-order valence-electron chi connectivity index (χ4n) is 2.89. The Balaban J connectivity index is 2.12. The van der Waals surface area contributed by atoms with E-state index >= 15 is 0 Å². The molecule has 0 spiro atoms. The number of nitrogens with one attached hydrogen (secondary N) is 1. The molecule has 0 amide bonds. The Morgan fingerprint density at radius 1 is 1.13 bits per heavy atom. The summed E-state index contributed by atoms with van der Waals surface area (Å²) in [6.45, 7) is 2.04. The molecular formula is C24H27NO6. The molecule has 3 atom stereocenters. The maximum absolute atomic E-state index is 11.8. The zero-order valence-electron chi connectivity index (χ0n) is 17.4. The average molecular weight is 425 g/mol. The van der Waals surface area contributed by atoms with Gasteiger partial charge >= 0.3 is 11.9 Å². The largest absolute Gasteiger partial charge is 0.490 e. The molecule has 0 saturated carbocycles. The minimum atomic E-state index is -1.66. The van der Waals surface area contributed by atoms with E-state index in [4.69, 9.17) is 21.0 Å². The van der Waals surface area contributed by atoms with Crippen molar-refractivity contribution in [3.8, 4) is 18.1 Å². The van der Waals surface area contributed by atoms with E-state index in [0.29, 0.717) is 24.2 Å². The van der Waals surface area contributed by atoms with Gasteiger partial charge in [-0.05, 0) is 31.4 Å². The molecule has 7 nitrogen and oxygen atoms in total. The predicted octanol–water partition coefficient (Wildman–Crippen LogP) is 2.34. The number of aliphatic hydroxyl groups is 1. The molecule has 2 rings (SSSR count). The fourth-order valence-corrected chi connectivity index (χ4v) is 2.89. The van der Waals surface area contributed by atoms with Gasteiger partial charge in [-0.25, -0.2) is 9.59 Å². The molecule has 0 aromatic heterocycles. The van der Waals surface area contributed by atoms with Crippen molar-refractivity contribution in [1.29, 1.82) is 0 Å². The number of carbonyl (C=O) groups is 2. The van der Waals surface area contributed by atoms with Crippen molar-refractivity contribution in [3.05, 3.63) is 65.7 Å². The number of esters is 1. The minimum absolute atomic E-state index is 0.0143. The average Bonchev–Trinajstić information content (AvgIpc) is 2.79. The van der Waals surface area contributed by atoms with Crippen LogP contribution in [-0.2, 0) is 20.7 Å². The van der Waals surface area contributed by atoms with Crippen molar-refractivity contribution >= 4 is 11.9 Å². The number of ether oxygens (including phenoxy) is 2. The molecular weight excluding hydrogens is 398 g/mol. The highest BCUT2D eigenvalue weighted by molar-refractivity contribution is 6.28. The first kappa shape index (κ1) is 23.9. The van der Waals surface area contributed by atoms with Crippen molar-refractivity contribution in [3.63, 3.8) is 0 Å². The van der Waals surface area contributed by atoms with Gasteiger partial charge in [0.15, 0.2) is 0 Å². The third-order valence-corrected chi connectivity index (χ3v) is 4.57. The maximum Gasteiger partial charge on any atom is 0.417 e. The Labute approximate surface area is 182 Å². The molecule has 2 aromatic carbocycles. The van der Waals surface area contributed by atoms with Crippen LogP contribution in [0.2, 0.25) is 0 Å². The second-order valence-corrected chi connectivity index (χ2v) is 7.02. The number of hydrogen-bond acceptors (Lipinski definition) is 6. The summed E-state index contributed by atoms with van der Waals surface area (Å²) in [5, 5.41) is 22.1. The normalized spacial score (nSPS) is 13.5. The number of aryl methyl sites for hydroxylation is 1. The molecule has 0 aliphatic carbocycles. The van der Waals surface area contributed by atoms with Gasteiger partial charge in [0.1, 0.15) is 24.6 Å². The van der Waals surface area contributed by atoms with Crippen LogP contribution in [0, 0.1) is 12.3 Å². The molecule has 0 aliphatic heterocycles. The molecule has 3 unspecified atom stereocenters. The van der Waals surface area contributed by atoms with Crippen LogP contribution in [0.1, 0.15) is 30.6 Å². The quantitative estimate of drug-likeness (QED) is 0.288. The van der Waals surface area contributed by atoms with E-state index in [1.165, 1.54) is 0 Å². The van der Waals surface area contributed by atoms with Crippen LogP contribution in [0.15, 0.2) is 54.6 Å². The summed E-state index contributed by atoms with van der Waals surface area (Å²) < 4.78 is 11.0. The molecule has 7 heteroatoms. The van der Waals surface area contributed by atoms with E-state index in [-0.39, 0.29) is 19.2 Å². The molecule has 0 aliphatic rings. The highest BCUT2D eigenvalue weighted by Gasteiger charge is 2.24. The molecule has 0 heterocycles. The molecule has 0 bridgehead atoms. The first-order chi connectivity index (χ1) is 14.9. The number of terminal acetylenes is 1. The van der Waals surface area contributed by atoms with Crippen LogP contribution in [-0.4, -0.2) is 47.4 Å². The van der Waals surface area contributed by atoms with Gasteiger partial charge in [-0.15, -0.1) is 6.42 Å². The molecule has 0 saturated heterocycles. The van der Waals surface area contributed by atoms with E-state index in [1.807, 2.05) is 30.3 Å². The number of para-hydroxylation sites is 1. The van der Waals surface area contributed by atoms with Gasteiger partial charge in [-0.2, -0.15) is 0 Å². The Hall–Kier alpha value is -3.34. The van der Waals surface area contributed by atoms with Crippen LogP contribution in [0.3, 0.4) is 0 Å². The summed E-state index contributed by atoms with van der Waals surface area (Å²) >= 11 is 0. The van der Waals surface area contributed by atoms with Crippen LogP contribution in [0.25, 0.3) is 0 Å². The Morgan fingerprint density at radius 2 is 1.81 bits per heavy atom. The van der Waals surface area contributed by atoms with Crippen molar-refractivity contribution in [2.45, 2.75) is 38.0 Å². The number of carboxylic acid groups (broad SMARTS) is 1. The van der Waals surface area contributed by atoms with Crippen molar-refractivity contribution in [2.75, 3.05) is 13.2 Å². The number of hydrogen-bond donors (Lipinski definition) is 3. The van der Waals surface area contributed by atoms with Gasteiger partial charge in [0, 0.05) is 12.1 Å². The SMILES string of the molecule is C#CC(C)NCC(O)COc1ccccc1C(CCc1ccccc1)OC(=O)C(=O)O. The summed E-state index contributed by atoms with van der Waals surface area (Å²) in [5.74, 6) is -0.0741. The second kappa shape index (κ2) is 12.4. The third kappa shape index (κ3) is 8.13. The van der Waals surface area contributed by atoms with Crippen molar-refractivity contribution < 1.29 is 29.3 Å². The van der Waals surface area contributed by atoms with Gasteiger partial charge in [0.05, 0.1) is 6.04 Å². The Morgan fingerprint density at radius 3 is 2.48 bits per heavy atom. The lowest BCUT2D eigenvalue weighted by atomic mass is 10.0. The van der Waals surface area contributed by atoms with Crippen LogP contribution in [0.5, 0.6) is 5.75 Å². The Bertz CT molecular complexity index is 892. The lowest BCUT2D eigenvalue weighted by Gasteiger charge is -2.21.